The van der Waals surface area contributed by atoms with Crippen LogP contribution < -0.4 is 22.5 Å². The third-order valence-electron chi connectivity index (χ3n) is 2.80. The number of amides is 3. The molecule has 0 saturated heterocycles. The molecule has 3 amide bonds. The normalized spacial score (nSPS) is 11.7. The second kappa shape index (κ2) is 7.36. The van der Waals surface area contributed by atoms with Gasteiger partial charge in [-0.15, -0.1) is 0 Å². The van der Waals surface area contributed by atoms with Gasteiger partial charge in [0.05, 0.1) is 12.5 Å². The van der Waals surface area contributed by atoms with Crippen molar-refractivity contribution in [3.05, 3.63) is 29.3 Å². The first-order valence-electron chi connectivity index (χ1n) is 6.14. The fraction of sp³-hybridized carbons (Fsp3) is 0.308. The zero-order valence-electron chi connectivity index (χ0n) is 11.6. The number of hydrogen-bond acceptors (Lipinski definition) is 5. The first kappa shape index (κ1) is 16.6. The number of ether oxygens (including phenoxy) is 1. The molecule has 0 fully saturated rings. The van der Waals surface area contributed by atoms with E-state index < -0.39 is 17.9 Å². The SMILES string of the molecule is COC(CN)CC(=O)Nc1cc(C(N)=O)cc(C(N)=O)c1. The Morgan fingerprint density at radius 2 is 1.67 bits per heavy atom. The number of benzene rings is 1. The summed E-state index contributed by atoms with van der Waals surface area (Å²) >= 11 is 0. The Labute approximate surface area is 121 Å². The van der Waals surface area contributed by atoms with Gasteiger partial charge in [0, 0.05) is 30.5 Å². The summed E-state index contributed by atoms with van der Waals surface area (Å²) in [5.74, 6) is -1.83. The molecule has 1 atom stereocenters. The third-order valence-corrected chi connectivity index (χ3v) is 2.80. The number of hydrogen-bond donors (Lipinski definition) is 4. The Morgan fingerprint density at radius 3 is 2.05 bits per heavy atom. The van der Waals surface area contributed by atoms with E-state index in [1.165, 1.54) is 25.3 Å². The van der Waals surface area contributed by atoms with Crippen molar-refractivity contribution in [1.29, 1.82) is 0 Å². The molecule has 1 unspecified atom stereocenters. The summed E-state index contributed by atoms with van der Waals surface area (Å²) in [6, 6.07) is 3.98. The number of nitrogens with two attached hydrogens (primary N) is 3. The fourth-order valence-corrected chi connectivity index (χ4v) is 1.67. The maximum absolute atomic E-state index is 11.8. The lowest BCUT2D eigenvalue weighted by Gasteiger charge is -2.13. The van der Waals surface area contributed by atoms with E-state index in [0.717, 1.165) is 0 Å². The van der Waals surface area contributed by atoms with E-state index >= 15 is 0 Å². The van der Waals surface area contributed by atoms with Gasteiger partial charge in [0.15, 0.2) is 0 Å². The molecule has 1 rings (SSSR count). The third kappa shape index (κ3) is 4.86. The van der Waals surface area contributed by atoms with Crippen LogP contribution in [-0.4, -0.2) is 37.5 Å². The average molecular weight is 294 g/mol. The van der Waals surface area contributed by atoms with E-state index in [1.54, 1.807) is 0 Å². The van der Waals surface area contributed by atoms with E-state index in [4.69, 9.17) is 21.9 Å². The van der Waals surface area contributed by atoms with Crippen LogP contribution in [0.15, 0.2) is 18.2 Å². The van der Waals surface area contributed by atoms with E-state index in [9.17, 15) is 14.4 Å². The molecule has 0 radical (unpaired) electrons. The molecule has 8 nitrogen and oxygen atoms in total. The van der Waals surface area contributed by atoms with Crippen LogP contribution in [0.3, 0.4) is 0 Å². The van der Waals surface area contributed by atoms with Gasteiger partial charge in [-0.25, -0.2) is 0 Å². The second-order valence-electron chi connectivity index (χ2n) is 4.37. The zero-order valence-corrected chi connectivity index (χ0v) is 11.6. The van der Waals surface area contributed by atoms with E-state index in [0.29, 0.717) is 0 Å². The van der Waals surface area contributed by atoms with Crippen LogP contribution in [0.4, 0.5) is 5.69 Å². The molecule has 0 aliphatic rings. The van der Waals surface area contributed by atoms with Gasteiger partial charge in [0.1, 0.15) is 0 Å². The van der Waals surface area contributed by atoms with Crippen LogP contribution in [0.2, 0.25) is 0 Å². The van der Waals surface area contributed by atoms with Gasteiger partial charge in [-0.05, 0) is 18.2 Å². The topological polar surface area (TPSA) is 151 Å². The van der Waals surface area contributed by atoms with Crippen LogP contribution in [0.25, 0.3) is 0 Å². The fourth-order valence-electron chi connectivity index (χ4n) is 1.67. The molecule has 0 spiro atoms. The first-order chi connectivity index (χ1) is 9.87. The van der Waals surface area contributed by atoms with Crippen LogP contribution in [-0.2, 0) is 9.53 Å². The van der Waals surface area contributed by atoms with E-state index in [1.807, 2.05) is 0 Å². The van der Waals surface area contributed by atoms with Gasteiger partial charge in [-0.2, -0.15) is 0 Å². The Morgan fingerprint density at radius 1 is 1.14 bits per heavy atom. The Hall–Kier alpha value is -2.45. The van der Waals surface area contributed by atoms with Gasteiger partial charge in [0.25, 0.3) is 0 Å². The standard InChI is InChI=1S/C13H18N4O4/c1-21-10(6-14)5-11(18)17-9-3-7(12(15)19)2-8(4-9)13(16)20/h2-4,10H,5-6,14H2,1H3,(H2,15,19)(H2,16,20)(H,17,18). The molecule has 114 valence electrons. The second-order valence-corrected chi connectivity index (χ2v) is 4.37. The minimum Gasteiger partial charge on any atom is -0.380 e. The Balaban J connectivity index is 2.94. The predicted molar refractivity (Wildman–Crippen MR) is 76.6 cm³/mol. The van der Waals surface area contributed by atoms with Crippen molar-refractivity contribution in [2.24, 2.45) is 17.2 Å². The monoisotopic (exact) mass is 294 g/mol. The highest BCUT2D eigenvalue weighted by Gasteiger charge is 2.14. The minimum atomic E-state index is -0.731. The molecular weight excluding hydrogens is 276 g/mol. The van der Waals surface area contributed by atoms with Gasteiger partial charge >= 0.3 is 0 Å². The number of carbonyl (C=O) groups excluding carboxylic acids is 3. The first-order valence-corrected chi connectivity index (χ1v) is 6.14. The van der Waals surface area contributed by atoms with E-state index in [-0.39, 0.29) is 35.7 Å². The molecule has 1 aromatic carbocycles. The van der Waals surface area contributed by atoms with Crippen LogP contribution in [0.1, 0.15) is 27.1 Å². The Kier molecular flexibility index (Phi) is 5.82. The molecule has 8 heteroatoms. The number of nitrogens with one attached hydrogen (secondary N) is 1. The molecule has 0 heterocycles. The number of rotatable bonds is 7. The van der Waals surface area contributed by atoms with Gasteiger partial charge in [-0.1, -0.05) is 0 Å². The lowest BCUT2D eigenvalue weighted by molar-refractivity contribution is -0.118. The van der Waals surface area contributed by atoms with Gasteiger partial charge in [0.2, 0.25) is 17.7 Å². The molecule has 21 heavy (non-hydrogen) atoms. The lowest BCUT2D eigenvalue weighted by Crippen LogP contribution is -2.28. The summed E-state index contributed by atoms with van der Waals surface area (Å²) in [6.45, 7) is 0.192. The van der Waals surface area contributed by atoms with Crippen molar-refractivity contribution < 1.29 is 19.1 Å². The zero-order chi connectivity index (χ0) is 16.0. The van der Waals surface area contributed by atoms with Crippen molar-refractivity contribution in [2.45, 2.75) is 12.5 Å². The molecule has 0 aromatic heterocycles. The molecular formula is C13H18N4O4. The average Bonchev–Trinajstić information content (AvgIpc) is 2.44. The number of anilines is 1. The van der Waals surface area contributed by atoms with Crippen LogP contribution in [0.5, 0.6) is 0 Å². The summed E-state index contributed by atoms with van der Waals surface area (Å²) in [7, 11) is 1.45. The van der Waals surface area contributed by atoms with Crippen LogP contribution in [0, 0.1) is 0 Å². The van der Waals surface area contributed by atoms with Crippen LogP contribution >= 0.6 is 0 Å². The maximum Gasteiger partial charge on any atom is 0.248 e. The minimum absolute atomic E-state index is 0.0414. The highest BCUT2D eigenvalue weighted by molar-refractivity contribution is 6.01. The molecule has 1 aromatic rings. The van der Waals surface area contributed by atoms with Crippen molar-refractivity contribution in [3.63, 3.8) is 0 Å². The molecule has 0 aliphatic carbocycles. The summed E-state index contributed by atoms with van der Waals surface area (Å²) < 4.78 is 5.00. The lowest BCUT2D eigenvalue weighted by atomic mass is 10.1. The van der Waals surface area contributed by atoms with E-state index in [2.05, 4.69) is 5.32 Å². The van der Waals surface area contributed by atoms with Gasteiger partial charge in [-0.3, -0.25) is 14.4 Å². The molecule has 7 N–H and O–H groups in total. The van der Waals surface area contributed by atoms with Crippen molar-refractivity contribution in [3.8, 4) is 0 Å². The number of methoxy groups -OCH3 is 1. The number of primary amides is 2. The van der Waals surface area contributed by atoms with Gasteiger partial charge < -0.3 is 27.3 Å². The molecule has 0 bridgehead atoms. The highest BCUT2D eigenvalue weighted by Crippen LogP contribution is 2.15. The number of carbonyl (C=O) groups is 3. The molecule has 0 aliphatic heterocycles. The summed E-state index contributed by atoms with van der Waals surface area (Å²) in [5, 5.41) is 2.54. The maximum atomic E-state index is 11.8. The predicted octanol–water partition coefficient (Wildman–Crippen LogP) is -0.813. The van der Waals surface area contributed by atoms with Crippen molar-refractivity contribution in [1.82, 2.24) is 0 Å². The largest absolute Gasteiger partial charge is 0.380 e. The molecule has 0 saturated carbocycles. The highest BCUT2D eigenvalue weighted by atomic mass is 16.5. The summed E-state index contributed by atoms with van der Waals surface area (Å²) in [5.41, 5.74) is 16.2. The summed E-state index contributed by atoms with van der Waals surface area (Å²) in [6.07, 6.45) is -0.375. The smallest absolute Gasteiger partial charge is 0.248 e. The summed E-state index contributed by atoms with van der Waals surface area (Å²) in [4.78, 5) is 34.2. The quantitative estimate of drug-likeness (QED) is 0.518. The Bertz CT molecular complexity index is 523. The van der Waals surface area contributed by atoms with Crippen molar-refractivity contribution in [2.75, 3.05) is 19.0 Å². The van der Waals surface area contributed by atoms with Crippen molar-refractivity contribution >= 4 is 23.4 Å².